The highest BCUT2D eigenvalue weighted by atomic mass is 35.5. The quantitative estimate of drug-likeness (QED) is 0.846. The molecule has 0 amide bonds. The highest BCUT2D eigenvalue weighted by molar-refractivity contribution is 7.89. The van der Waals surface area contributed by atoms with E-state index < -0.39 is 10.0 Å². The van der Waals surface area contributed by atoms with E-state index in [2.05, 4.69) is 11.6 Å². The summed E-state index contributed by atoms with van der Waals surface area (Å²) < 4.78 is 27.3. The molecule has 0 fully saturated rings. The van der Waals surface area contributed by atoms with Crippen LogP contribution in [0, 0.1) is 0 Å². The highest BCUT2D eigenvalue weighted by Crippen LogP contribution is 2.23. The van der Waals surface area contributed by atoms with Gasteiger partial charge < -0.3 is 5.73 Å². The van der Waals surface area contributed by atoms with E-state index >= 15 is 0 Å². The van der Waals surface area contributed by atoms with Crippen molar-refractivity contribution < 1.29 is 8.42 Å². The van der Waals surface area contributed by atoms with Crippen molar-refractivity contribution in [1.82, 2.24) is 4.72 Å². The number of aryl methyl sites for hydroxylation is 1. The van der Waals surface area contributed by atoms with Crippen LogP contribution in [0.1, 0.15) is 22.2 Å². The Morgan fingerprint density at radius 3 is 2.57 bits per heavy atom. The molecule has 0 atom stereocenters. The van der Waals surface area contributed by atoms with Crippen molar-refractivity contribution in [2.24, 2.45) is 5.73 Å². The van der Waals surface area contributed by atoms with Gasteiger partial charge in [-0.05, 0) is 36.2 Å². The fraction of sp³-hybridized carbons (Fsp3) is 0.286. The van der Waals surface area contributed by atoms with E-state index in [0.29, 0.717) is 0 Å². The molecule has 0 aliphatic carbocycles. The third kappa shape index (κ3) is 4.05. The number of nitrogens with two attached hydrogens (primary N) is 1. The average molecular weight is 345 g/mol. The summed E-state index contributed by atoms with van der Waals surface area (Å²) in [5, 5.41) is 0.195. The zero-order chi connectivity index (χ0) is 15.5. The van der Waals surface area contributed by atoms with Crippen molar-refractivity contribution in [2.45, 2.75) is 31.3 Å². The minimum atomic E-state index is -3.65. The molecule has 0 saturated heterocycles. The van der Waals surface area contributed by atoms with Gasteiger partial charge in [0.1, 0.15) is 4.90 Å². The number of nitrogens with one attached hydrogen (secondary N) is 1. The molecule has 0 saturated carbocycles. The molecular formula is C14H17ClN2O2S2. The lowest BCUT2D eigenvalue weighted by atomic mass is 10.2. The van der Waals surface area contributed by atoms with Gasteiger partial charge >= 0.3 is 0 Å². The van der Waals surface area contributed by atoms with Gasteiger partial charge in [0, 0.05) is 22.8 Å². The summed E-state index contributed by atoms with van der Waals surface area (Å²) in [5.41, 5.74) is 6.26. The van der Waals surface area contributed by atoms with Crippen molar-refractivity contribution in [3.8, 4) is 0 Å². The largest absolute Gasteiger partial charge is 0.326 e. The van der Waals surface area contributed by atoms with Crippen LogP contribution in [0.25, 0.3) is 0 Å². The second kappa shape index (κ2) is 6.89. The molecule has 1 aromatic carbocycles. The standard InChI is InChI=1S/C14H17ClN2O2S2/c1-2-11-4-5-12(20-11)9-17-21(18,19)14-7-10(8-16)3-6-13(14)15/h3-7,17H,2,8-9,16H2,1H3. The molecule has 7 heteroatoms. The van der Waals surface area contributed by atoms with Crippen molar-refractivity contribution >= 4 is 33.0 Å². The number of sulfonamides is 1. The Hall–Kier alpha value is -0.920. The molecule has 0 spiro atoms. The van der Waals surface area contributed by atoms with E-state index in [9.17, 15) is 8.42 Å². The molecule has 0 unspecified atom stereocenters. The molecule has 0 aliphatic rings. The summed E-state index contributed by atoms with van der Waals surface area (Å²) in [6, 6.07) is 8.73. The fourth-order valence-corrected chi connectivity index (χ4v) is 4.38. The average Bonchev–Trinajstić information content (AvgIpc) is 2.94. The number of hydrogen-bond acceptors (Lipinski definition) is 4. The molecule has 114 valence electrons. The first-order valence-corrected chi connectivity index (χ1v) is 9.19. The first-order valence-electron chi connectivity index (χ1n) is 6.52. The molecule has 1 aromatic heterocycles. The van der Waals surface area contributed by atoms with Gasteiger partial charge in [-0.2, -0.15) is 0 Å². The van der Waals surface area contributed by atoms with E-state index in [0.717, 1.165) is 16.9 Å². The van der Waals surface area contributed by atoms with Gasteiger partial charge in [0.2, 0.25) is 10.0 Å². The number of benzene rings is 1. The molecular weight excluding hydrogens is 328 g/mol. The van der Waals surface area contributed by atoms with Crippen molar-refractivity contribution in [3.05, 3.63) is 50.7 Å². The Morgan fingerprint density at radius 2 is 1.95 bits per heavy atom. The van der Waals surface area contributed by atoms with E-state index in [1.165, 1.54) is 10.9 Å². The zero-order valence-electron chi connectivity index (χ0n) is 11.6. The topological polar surface area (TPSA) is 72.2 Å². The highest BCUT2D eigenvalue weighted by Gasteiger charge is 2.18. The molecule has 4 nitrogen and oxygen atoms in total. The van der Waals surface area contributed by atoms with Crippen molar-refractivity contribution in [1.29, 1.82) is 0 Å². The van der Waals surface area contributed by atoms with Gasteiger partial charge in [0.15, 0.2) is 0 Å². The van der Waals surface area contributed by atoms with Crippen LogP contribution in [0.4, 0.5) is 0 Å². The zero-order valence-corrected chi connectivity index (χ0v) is 14.0. The second-order valence-corrected chi connectivity index (χ2v) is 7.91. The van der Waals surface area contributed by atoms with Crippen LogP contribution < -0.4 is 10.5 Å². The molecule has 3 N–H and O–H groups in total. The first kappa shape index (κ1) is 16.5. The lowest BCUT2D eigenvalue weighted by Gasteiger charge is -2.09. The Kier molecular flexibility index (Phi) is 5.40. The molecule has 1 heterocycles. The lowest BCUT2D eigenvalue weighted by Crippen LogP contribution is -2.23. The van der Waals surface area contributed by atoms with Crippen LogP contribution in [0.5, 0.6) is 0 Å². The predicted molar refractivity (Wildman–Crippen MR) is 87.1 cm³/mol. The Bertz CT molecular complexity index is 726. The van der Waals surface area contributed by atoms with Gasteiger partial charge in [0.05, 0.1) is 5.02 Å². The maximum atomic E-state index is 12.3. The Morgan fingerprint density at radius 1 is 1.24 bits per heavy atom. The summed E-state index contributed by atoms with van der Waals surface area (Å²) >= 11 is 7.59. The molecule has 2 rings (SSSR count). The van der Waals surface area contributed by atoms with Gasteiger partial charge in [-0.25, -0.2) is 13.1 Å². The van der Waals surface area contributed by atoms with Gasteiger partial charge in [0.25, 0.3) is 0 Å². The number of thiophene rings is 1. The normalized spacial score (nSPS) is 11.8. The molecule has 21 heavy (non-hydrogen) atoms. The summed E-state index contributed by atoms with van der Waals surface area (Å²) in [7, 11) is -3.65. The first-order chi connectivity index (χ1) is 9.96. The minimum absolute atomic E-state index is 0.0689. The maximum Gasteiger partial charge on any atom is 0.242 e. The van der Waals surface area contributed by atoms with Crippen LogP contribution in [0.3, 0.4) is 0 Å². The molecule has 0 radical (unpaired) electrons. The Balaban J connectivity index is 2.18. The Labute approximate surface area is 134 Å². The third-order valence-electron chi connectivity index (χ3n) is 3.02. The van der Waals surface area contributed by atoms with Crippen LogP contribution >= 0.6 is 22.9 Å². The number of rotatable bonds is 6. The third-order valence-corrected chi connectivity index (χ3v) is 6.14. The smallest absolute Gasteiger partial charge is 0.242 e. The van der Waals surface area contributed by atoms with Gasteiger partial charge in [-0.1, -0.05) is 24.6 Å². The molecule has 0 bridgehead atoms. The minimum Gasteiger partial charge on any atom is -0.326 e. The monoisotopic (exact) mass is 344 g/mol. The van der Waals surface area contributed by atoms with E-state index in [4.69, 9.17) is 17.3 Å². The van der Waals surface area contributed by atoms with Crippen molar-refractivity contribution in [3.63, 3.8) is 0 Å². The maximum absolute atomic E-state index is 12.3. The fourth-order valence-electron chi connectivity index (χ4n) is 1.83. The van der Waals surface area contributed by atoms with Crippen LogP contribution in [-0.2, 0) is 29.5 Å². The summed E-state index contributed by atoms with van der Waals surface area (Å²) in [6.07, 6.45) is 0.946. The number of hydrogen-bond donors (Lipinski definition) is 2. The van der Waals surface area contributed by atoms with E-state index in [1.807, 2.05) is 12.1 Å². The van der Waals surface area contributed by atoms with E-state index in [1.54, 1.807) is 23.5 Å². The van der Waals surface area contributed by atoms with Crippen LogP contribution in [0.15, 0.2) is 35.2 Å². The SMILES string of the molecule is CCc1ccc(CNS(=O)(=O)c2cc(CN)ccc2Cl)s1. The summed E-state index contributed by atoms with van der Waals surface area (Å²) in [5.74, 6) is 0. The molecule has 0 aliphatic heterocycles. The van der Waals surface area contributed by atoms with E-state index in [-0.39, 0.29) is 23.0 Å². The van der Waals surface area contributed by atoms with Gasteiger partial charge in [-0.15, -0.1) is 11.3 Å². The summed E-state index contributed by atoms with van der Waals surface area (Å²) in [6.45, 7) is 2.60. The number of halogens is 1. The second-order valence-electron chi connectivity index (χ2n) is 4.52. The summed E-state index contributed by atoms with van der Waals surface area (Å²) in [4.78, 5) is 2.27. The molecule has 2 aromatic rings. The van der Waals surface area contributed by atoms with Crippen LogP contribution in [-0.4, -0.2) is 8.42 Å². The predicted octanol–water partition coefficient (Wildman–Crippen LogP) is 2.90. The van der Waals surface area contributed by atoms with Crippen LogP contribution in [0.2, 0.25) is 5.02 Å². The van der Waals surface area contributed by atoms with Crippen molar-refractivity contribution in [2.75, 3.05) is 0 Å². The van der Waals surface area contributed by atoms with Gasteiger partial charge in [-0.3, -0.25) is 0 Å². The lowest BCUT2D eigenvalue weighted by molar-refractivity contribution is 0.581.